The van der Waals surface area contributed by atoms with E-state index < -0.39 is 0 Å². The van der Waals surface area contributed by atoms with Crippen molar-refractivity contribution < 1.29 is 9.32 Å². The largest absolute Gasteiger partial charge is 0.360 e. The van der Waals surface area contributed by atoms with E-state index in [0.29, 0.717) is 11.4 Å². The Bertz CT molecular complexity index is 865. The SMILES string of the molecule is Cc1cc(-n2c(C)cc(C(=O)NC(C)c3ccncc3)c2C)no1. The molecular weight excluding hydrogens is 304 g/mol. The molecule has 3 aromatic rings. The maximum Gasteiger partial charge on any atom is 0.253 e. The van der Waals surface area contributed by atoms with Crippen LogP contribution in [0.1, 0.15) is 46.0 Å². The molecule has 0 aliphatic rings. The summed E-state index contributed by atoms with van der Waals surface area (Å²) < 4.78 is 7.06. The lowest BCUT2D eigenvalue weighted by atomic mass is 10.1. The number of amides is 1. The normalized spacial score (nSPS) is 12.2. The number of hydrogen-bond acceptors (Lipinski definition) is 4. The predicted molar refractivity (Wildman–Crippen MR) is 90.2 cm³/mol. The van der Waals surface area contributed by atoms with Gasteiger partial charge in [0.15, 0.2) is 5.82 Å². The van der Waals surface area contributed by atoms with Crippen molar-refractivity contribution in [1.82, 2.24) is 20.0 Å². The van der Waals surface area contributed by atoms with Crippen molar-refractivity contribution in [3.63, 3.8) is 0 Å². The standard InChI is InChI=1S/C18H20N4O2/c1-11-9-16(14(4)22(11)17-10-12(2)24-21-17)18(23)20-13(3)15-5-7-19-8-6-15/h5-10,13H,1-4H3,(H,20,23). The first-order chi connectivity index (χ1) is 11.5. The number of carbonyl (C=O) groups excluding carboxylic acids is 1. The summed E-state index contributed by atoms with van der Waals surface area (Å²) in [7, 11) is 0. The Morgan fingerprint density at radius 3 is 2.54 bits per heavy atom. The molecule has 0 aliphatic heterocycles. The van der Waals surface area contributed by atoms with Gasteiger partial charge in [-0.15, -0.1) is 0 Å². The van der Waals surface area contributed by atoms with Crippen molar-refractivity contribution in [2.75, 3.05) is 0 Å². The first-order valence-corrected chi connectivity index (χ1v) is 7.81. The van der Waals surface area contributed by atoms with Crippen LogP contribution in [-0.2, 0) is 0 Å². The summed E-state index contributed by atoms with van der Waals surface area (Å²) in [5.41, 5.74) is 3.41. The van der Waals surface area contributed by atoms with Gasteiger partial charge in [0.1, 0.15) is 5.76 Å². The van der Waals surface area contributed by atoms with E-state index in [0.717, 1.165) is 22.7 Å². The maximum atomic E-state index is 12.7. The molecule has 0 aliphatic carbocycles. The summed E-state index contributed by atoms with van der Waals surface area (Å²) >= 11 is 0. The van der Waals surface area contributed by atoms with Crippen molar-refractivity contribution in [2.24, 2.45) is 0 Å². The molecule has 0 radical (unpaired) electrons. The van der Waals surface area contributed by atoms with Crippen molar-refractivity contribution in [3.8, 4) is 5.82 Å². The molecule has 0 spiro atoms. The van der Waals surface area contributed by atoms with E-state index in [1.54, 1.807) is 12.4 Å². The second-order valence-electron chi connectivity index (χ2n) is 5.89. The van der Waals surface area contributed by atoms with Crippen molar-refractivity contribution in [3.05, 3.63) is 64.9 Å². The molecule has 1 amide bonds. The molecule has 6 nitrogen and oxygen atoms in total. The van der Waals surface area contributed by atoms with E-state index in [-0.39, 0.29) is 11.9 Å². The van der Waals surface area contributed by atoms with Gasteiger partial charge in [0.25, 0.3) is 5.91 Å². The number of hydrogen-bond donors (Lipinski definition) is 1. The minimum absolute atomic E-state index is 0.0992. The van der Waals surface area contributed by atoms with Crippen molar-refractivity contribution in [1.29, 1.82) is 0 Å². The second-order valence-corrected chi connectivity index (χ2v) is 5.89. The number of aromatic nitrogens is 3. The third-order valence-corrected chi connectivity index (χ3v) is 4.07. The Morgan fingerprint density at radius 1 is 1.21 bits per heavy atom. The molecule has 1 atom stereocenters. The van der Waals surface area contributed by atoms with Gasteiger partial charge in [0.2, 0.25) is 0 Å². The highest BCUT2D eigenvalue weighted by molar-refractivity contribution is 5.96. The minimum atomic E-state index is -0.112. The summed E-state index contributed by atoms with van der Waals surface area (Å²) in [6, 6.07) is 7.41. The van der Waals surface area contributed by atoms with Crippen LogP contribution in [0.5, 0.6) is 0 Å². The van der Waals surface area contributed by atoms with Gasteiger partial charge in [-0.1, -0.05) is 5.16 Å². The van der Waals surface area contributed by atoms with Crippen LogP contribution >= 0.6 is 0 Å². The molecule has 0 saturated carbocycles. The van der Waals surface area contributed by atoms with E-state index in [1.165, 1.54) is 0 Å². The molecule has 24 heavy (non-hydrogen) atoms. The van der Waals surface area contributed by atoms with Gasteiger partial charge in [-0.2, -0.15) is 0 Å². The van der Waals surface area contributed by atoms with Crippen molar-refractivity contribution >= 4 is 5.91 Å². The highest BCUT2D eigenvalue weighted by Gasteiger charge is 2.20. The Labute approximate surface area is 140 Å². The van der Waals surface area contributed by atoms with Gasteiger partial charge in [0, 0.05) is 29.8 Å². The molecule has 3 heterocycles. The van der Waals surface area contributed by atoms with Gasteiger partial charge in [-0.05, 0) is 51.5 Å². The third kappa shape index (κ3) is 2.95. The zero-order valence-corrected chi connectivity index (χ0v) is 14.2. The van der Waals surface area contributed by atoms with Crippen LogP contribution in [-0.4, -0.2) is 20.6 Å². The Hall–Kier alpha value is -2.89. The molecule has 0 aromatic carbocycles. The average Bonchev–Trinajstić information content (AvgIpc) is 3.11. The van der Waals surface area contributed by atoms with Crippen LogP contribution in [0.25, 0.3) is 5.82 Å². The fourth-order valence-corrected chi connectivity index (χ4v) is 2.81. The quantitative estimate of drug-likeness (QED) is 0.799. The van der Waals surface area contributed by atoms with Crippen LogP contribution in [0.2, 0.25) is 0 Å². The third-order valence-electron chi connectivity index (χ3n) is 4.07. The van der Waals surface area contributed by atoms with Gasteiger partial charge in [-0.3, -0.25) is 14.3 Å². The van der Waals surface area contributed by atoms with Gasteiger partial charge >= 0.3 is 0 Å². The molecule has 124 valence electrons. The Morgan fingerprint density at radius 2 is 1.92 bits per heavy atom. The van der Waals surface area contributed by atoms with Gasteiger partial charge in [-0.25, -0.2) is 0 Å². The van der Waals surface area contributed by atoms with E-state index in [2.05, 4.69) is 15.5 Å². The molecule has 3 aromatic heterocycles. The van der Waals surface area contributed by atoms with Crippen LogP contribution < -0.4 is 5.32 Å². The van der Waals surface area contributed by atoms with Crippen LogP contribution in [0.3, 0.4) is 0 Å². The minimum Gasteiger partial charge on any atom is -0.360 e. The topological polar surface area (TPSA) is 73.0 Å². The summed E-state index contributed by atoms with van der Waals surface area (Å²) in [5.74, 6) is 1.30. The highest BCUT2D eigenvalue weighted by Crippen LogP contribution is 2.21. The highest BCUT2D eigenvalue weighted by atomic mass is 16.5. The summed E-state index contributed by atoms with van der Waals surface area (Å²) in [4.78, 5) is 16.7. The van der Waals surface area contributed by atoms with Crippen LogP contribution in [0.15, 0.2) is 41.2 Å². The number of rotatable bonds is 4. The van der Waals surface area contributed by atoms with E-state index in [4.69, 9.17) is 4.52 Å². The van der Waals surface area contributed by atoms with E-state index in [1.807, 2.05) is 56.5 Å². The van der Waals surface area contributed by atoms with E-state index in [9.17, 15) is 4.79 Å². The van der Waals surface area contributed by atoms with Gasteiger partial charge < -0.3 is 9.84 Å². The molecule has 1 unspecified atom stereocenters. The molecular formula is C18H20N4O2. The lowest BCUT2D eigenvalue weighted by Crippen LogP contribution is -2.27. The number of nitrogens with one attached hydrogen (secondary N) is 1. The lowest BCUT2D eigenvalue weighted by Gasteiger charge is -2.14. The number of nitrogens with zero attached hydrogens (tertiary/aromatic N) is 3. The first-order valence-electron chi connectivity index (χ1n) is 7.81. The second kappa shape index (κ2) is 6.31. The Kier molecular flexibility index (Phi) is 4.20. The molecule has 1 N–H and O–H groups in total. The zero-order chi connectivity index (χ0) is 17.3. The zero-order valence-electron chi connectivity index (χ0n) is 14.2. The fourth-order valence-electron chi connectivity index (χ4n) is 2.81. The first kappa shape index (κ1) is 16.0. The van der Waals surface area contributed by atoms with Crippen LogP contribution in [0.4, 0.5) is 0 Å². The summed E-state index contributed by atoms with van der Waals surface area (Å²) in [6.45, 7) is 7.64. The monoisotopic (exact) mass is 324 g/mol. The van der Waals surface area contributed by atoms with Crippen LogP contribution in [0, 0.1) is 20.8 Å². The summed E-state index contributed by atoms with van der Waals surface area (Å²) in [5, 5.41) is 7.06. The number of aryl methyl sites for hydroxylation is 2. The lowest BCUT2D eigenvalue weighted by molar-refractivity contribution is 0.0939. The molecule has 3 rings (SSSR count). The number of carbonyl (C=O) groups is 1. The fraction of sp³-hybridized carbons (Fsp3) is 0.278. The van der Waals surface area contributed by atoms with Gasteiger partial charge in [0.05, 0.1) is 11.6 Å². The molecule has 0 saturated heterocycles. The predicted octanol–water partition coefficient (Wildman–Crippen LogP) is 3.28. The Balaban J connectivity index is 1.86. The summed E-state index contributed by atoms with van der Waals surface area (Å²) in [6.07, 6.45) is 3.44. The molecule has 0 fully saturated rings. The smallest absolute Gasteiger partial charge is 0.253 e. The maximum absolute atomic E-state index is 12.7. The molecule has 0 bridgehead atoms. The van der Waals surface area contributed by atoms with Crippen molar-refractivity contribution in [2.45, 2.75) is 33.7 Å². The average molecular weight is 324 g/mol. The number of pyridine rings is 1. The molecule has 6 heteroatoms. The van der Waals surface area contributed by atoms with E-state index >= 15 is 0 Å².